The Balaban J connectivity index is 1.41. The van der Waals surface area contributed by atoms with Crippen LogP contribution in [0.3, 0.4) is 0 Å². The van der Waals surface area contributed by atoms with Crippen LogP contribution in [0.25, 0.3) is 10.4 Å². The highest BCUT2D eigenvalue weighted by atomic mass is 28.3. The van der Waals surface area contributed by atoms with Crippen LogP contribution in [-0.4, -0.2) is 93.4 Å². The second-order valence-electron chi connectivity index (χ2n) is 15.7. The van der Waals surface area contributed by atoms with E-state index in [2.05, 4.69) is 95.2 Å². The topological polar surface area (TPSA) is 163 Å². The Bertz CT molecular complexity index is 1860. The van der Waals surface area contributed by atoms with Gasteiger partial charge in [0.15, 0.2) is 0 Å². The molecule has 56 heavy (non-hydrogen) atoms. The molecule has 1 amide bonds. The van der Waals surface area contributed by atoms with Crippen molar-refractivity contribution in [2.24, 2.45) is 16.0 Å². The quantitative estimate of drug-likeness (QED) is 0.0137. The maximum atomic E-state index is 14.0. The van der Waals surface area contributed by atoms with Crippen molar-refractivity contribution in [1.82, 2.24) is 9.80 Å². The van der Waals surface area contributed by atoms with Crippen molar-refractivity contribution in [3.05, 3.63) is 134 Å². The number of aliphatic imine (C=N–C) groups is 1. The van der Waals surface area contributed by atoms with Gasteiger partial charge in [-0.05, 0) is 74.1 Å². The number of carbonyl (C=O) groups excluding carboxylic acids is 2. The number of likely N-dealkylation sites (tertiary alicyclic amines) is 1. The fraction of sp³-hybridized carbons (Fsp3) is 0.452. The largest absolute Gasteiger partial charge is 0.465 e. The lowest BCUT2D eigenvalue weighted by Crippen LogP contribution is -2.44. The highest BCUT2D eigenvalue weighted by molar-refractivity contribution is 6.76. The molecular weight excluding hydrogens is 727 g/mol. The number of rotatable bonds is 19. The number of azide groups is 1. The van der Waals surface area contributed by atoms with Crippen molar-refractivity contribution in [3.63, 3.8) is 0 Å². The molecule has 0 bridgehead atoms. The van der Waals surface area contributed by atoms with Gasteiger partial charge in [-0.15, -0.1) is 0 Å². The maximum Gasteiger partial charge on any atom is 0.315 e. The number of hydrogen-bond donors (Lipinski definition) is 0. The van der Waals surface area contributed by atoms with E-state index in [0.717, 1.165) is 44.9 Å². The fourth-order valence-electron chi connectivity index (χ4n) is 7.81. The van der Waals surface area contributed by atoms with E-state index in [9.17, 15) is 19.7 Å². The summed E-state index contributed by atoms with van der Waals surface area (Å²) < 4.78 is 11.8. The minimum Gasteiger partial charge on any atom is -0.465 e. The van der Waals surface area contributed by atoms with Gasteiger partial charge in [0.05, 0.1) is 36.1 Å². The number of nitro benzene ring substituents is 1. The molecule has 0 radical (unpaired) electrons. The van der Waals surface area contributed by atoms with E-state index in [-0.39, 0.29) is 37.5 Å². The average molecular weight is 780 g/mol. The van der Waals surface area contributed by atoms with E-state index in [0.29, 0.717) is 35.6 Å². The predicted molar refractivity (Wildman–Crippen MR) is 220 cm³/mol. The standard InChI is InChI=1S/C42H53N7O6Si/c1-32-38(41(51)55-28-29-56(2,3)4)39(33-16-18-36(19-17-33)49(52)53)40(37(45-32)30-54-27-22-44-46-43)48(31-50)24-11-23-47-25-20-42(21-26-47,34-12-7-5-8-13-34)35-14-9-6-10-15-35/h5-10,12-19,31,38-39H,11,20-30H2,1-4H3. The number of nitro groups is 1. The van der Waals surface area contributed by atoms with Crippen LogP contribution in [0, 0.1) is 16.0 Å². The van der Waals surface area contributed by atoms with Gasteiger partial charge in [-0.1, -0.05) is 97.6 Å². The summed E-state index contributed by atoms with van der Waals surface area (Å²) in [5.74, 6) is -2.08. The van der Waals surface area contributed by atoms with E-state index in [1.54, 1.807) is 24.0 Å². The van der Waals surface area contributed by atoms with Crippen LogP contribution in [-0.2, 0) is 24.5 Å². The Morgan fingerprint density at radius 3 is 2.21 bits per heavy atom. The molecule has 0 N–H and O–H groups in total. The Hall–Kier alpha value is -5.14. The van der Waals surface area contributed by atoms with Crippen LogP contribution in [0.15, 0.2) is 106 Å². The van der Waals surface area contributed by atoms with Gasteiger partial charge in [0.25, 0.3) is 5.69 Å². The lowest BCUT2D eigenvalue weighted by atomic mass is 9.68. The second-order valence-corrected chi connectivity index (χ2v) is 21.3. The lowest BCUT2D eigenvalue weighted by molar-refractivity contribution is -0.384. The molecule has 2 atom stereocenters. The molecule has 1 fully saturated rings. The molecule has 13 nitrogen and oxygen atoms in total. The minimum atomic E-state index is -1.52. The fourth-order valence-corrected chi connectivity index (χ4v) is 8.52. The van der Waals surface area contributed by atoms with Crippen molar-refractivity contribution < 1.29 is 24.0 Å². The van der Waals surface area contributed by atoms with Crippen molar-refractivity contribution in [2.75, 3.05) is 52.5 Å². The van der Waals surface area contributed by atoms with Crippen LogP contribution in [0.4, 0.5) is 5.69 Å². The number of amides is 1. The Labute approximate surface area is 330 Å². The Morgan fingerprint density at radius 1 is 1.04 bits per heavy atom. The number of nitrogens with zero attached hydrogens (tertiary/aromatic N) is 7. The maximum absolute atomic E-state index is 14.0. The SMILES string of the molecule is CC1=NC(COCCN=[N+]=[N-])=C(N(C=O)CCCN2CCC(c3ccccc3)(c3ccccc3)CC2)C(c2ccc([N+](=O)[O-])cc2)C1C(=O)OCC[Si](C)(C)C. The molecule has 0 aromatic heterocycles. The molecule has 5 rings (SSSR count). The lowest BCUT2D eigenvalue weighted by Gasteiger charge is -2.43. The predicted octanol–water partition coefficient (Wildman–Crippen LogP) is 8.12. The van der Waals surface area contributed by atoms with Crippen LogP contribution in [0.2, 0.25) is 25.7 Å². The molecule has 3 aromatic rings. The van der Waals surface area contributed by atoms with E-state index in [4.69, 9.17) is 20.0 Å². The molecule has 2 aliphatic heterocycles. The molecule has 1 saturated heterocycles. The van der Waals surface area contributed by atoms with E-state index in [1.165, 1.54) is 23.3 Å². The molecule has 3 aromatic carbocycles. The number of allylic oxidation sites excluding steroid dienone is 1. The van der Waals surface area contributed by atoms with Gasteiger partial charge in [0.1, 0.15) is 5.92 Å². The highest BCUT2D eigenvalue weighted by Gasteiger charge is 2.43. The van der Waals surface area contributed by atoms with Crippen LogP contribution >= 0.6 is 0 Å². The summed E-state index contributed by atoms with van der Waals surface area (Å²) in [6.45, 7) is 11.7. The van der Waals surface area contributed by atoms with Gasteiger partial charge in [-0.2, -0.15) is 0 Å². The molecular formula is C42H53N7O6Si. The van der Waals surface area contributed by atoms with Crippen LogP contribution < -0.4 is 0 Å². The first-order valence-corrected chi connectivity index (χ1v) is 23.0. The van der Waals surface area contributed by atoms with Gasteiger partial charge in [-0.3, -0.25) is 24.7 Å². The number of piperidine rings is 1. The van der Waals surface area contributed by atoms with Crippen molar-refractivity contribution >= 4 is 31.9 Å². The summed E-state index contributed by atoms with van der Waals surface area (Å²) in [7, 11) is -1.52. The van der Waals surface area contributed by atoms with E-state index >= 15 is 0 Å². The molecule has 0 aliphatic carbocycles. The average Bonchev–Trinajstić information content (AvgIpc) is 3.20. The molecule has 0 spiro atoms. The molecule has 2 unspecified atom stereocenters. The number of carbonyl (C=O) groups is 2. The third-order valence-corrected chi connectivity index (χ3v) is 12.5. The number of ether oxygens (including phenoxy) is 2. The minimum absolute atomic E-state index is 0.00792. The summed E-state index contributed by atoms with van der Waals surface area (Å²) in [6.07, 6.45) is 3.33. The number of esters is 1. The van der Waals surface area contributed by atoms with Gasteiger partial charge in [0, 0.05) is 55.3 Å². The smallest absolute Gasteiger partial charge is 0.315 e. The summed E-state index contributed by atoms with van der Waals surface area (Å²) in [5, 5.41) is 15.2. The number of hydrogen-bond acceptors (Lipinski definition) is 9. The summed E-state index contributed by atoms with van der Waals surface area (Å²) in [4.78, 5) is 50.0. The number of benzene rings is 3. The zero-order valence-corrected chi connectivity index (χ0v) is 33.9. The molecule has 2 aliphatic rings. The molecule has 14 heteroatoms. The summed E-state index contributed by atoms with van der Waals surface area (Å²) >= 11 is 0. The van der Waals surface area contributed by atoms with E-state index < -0.39 is 30.8 Å². The molecule has 0 saturated carbocycles. The third kappa shape index (κ3) is 10.6. The molecule has 2 heterocycles. The number of non-ortho nitro benzene ring substituents is 1. The van der Waals surface area contributed by atoms with E-state index in [1.807, 2.05) is 0 Å². The van der Waals surface area contributed by atoms with Gasteiger partial charge >= 0.3 is 5.97 Å². The Kier molecular flexibility index (Phi) is 14.7. The first-order chi connectivity index (χ1) is 27.0. The van der Waals surface area contributed by atoms with Crippen molar-refractivity contribution in [3.8, 4) is 0 Å². The van der Waals surface area contributed by atoms with Crippen molar-refractivity contribution in [2.45, 2.75) is 63.2 Å². The van der Waals surface area contributed by atoms with Gasteiger partial charge < -0.3 is 19.3 Å². The van der Waals surface area contributed by atoms with Gasteiger partial charge in [-0.25, -0.2) is 0 Å². The van der Waals surface area contributed by atoms with Crippen molar-refractivity contribution in [1.29, 1.82) is 0 Å². The molecule has 296 valence electrons. The first kappa shape index (κ1) is 42.0. The zero-order chi connectivity index (χ0) is 40.1. The Morgan fingerprint density at radius 2 is 1.66 bits per heavy atom. The zero-order valence-electron chi connectivity index (χ0n) is 32.9. The normalized spacial score (nSPS) is 18.4. The summed E-state index contributed by atoms with van der Waals surface area (Å²) in [5.41, 5.74) is 13.3. The monoisotopic (exact) mass is 779 g/mol. The highest BCUT2D eigenvalue weighted by Crippen LogP contribution is 2.43. The van der Waals surface area contributed by atoms with Crippen LogP contribution in [0.1, 0.15) is 48.8 Å². The second kappa shape index (κ2) is 19.6. The first-order valence-electron chi connectivity index (χ1n) is 19.3. The third-order valence-electron chi connectivity index (χ3n) is 10.8. The van der Waals surface area contributed by atoms with Crippen LogP contribution in [0.5, 0.6) is 0 Å². The van der Waals surface area contributed by atoms with Gasteiger partial charge in [0.2, 0.25) is 6.41 Å². The summed E-state index contributed by atoms with van der Waals surface area (Å²) in [6, 6.07) is 28.3.